The van der Waals surface area contributed by atoms with Crippen molar-refractivity contribution < 1.29 is 50.7 Å². The van der Waals surface area contributed by atoms with E-state index in [9.17, 15) is 0 Å². The summed E-state index contributed by atoms with van der Waals surface area (Å²) in [5.41, 5.74) is 11.2. The van der Waals surface area contributed by atoms with Crippen molar-refractivity contribution >= 4 is 8.07 Å². The van der Waals surface area contributed by atoms with Gasteiger partial charge >= 0.3 is 25.8 Å². The average molecular weight is 662 g/mol. The van der Waals surface area contributed by atoms with Crippen molar-refractivity contribution in [3.05, 3.63) is 82.5 Å². The molecule has 2 aromatic rings. The average Bonchev–Trinajstić information content (AvgIpc) is 3.13. The van der Waals surface area contributed by atoms with Crippen LogP contribution in [0.3, 0.4) is 0 Å². The third-order valence-electron chi connectivity index (χ3n) is 8.01. The van der Waals surface area contributed by atoms with Crippen molar-refractivity contribution in [2.45, 2.75) is 78.1 Å². The fourth-order valence-electron chi connectivity index (χ4n) is 5.93. The first-order valence-electron chi connectivity index (χ1n) is 11.7. The van der Waals surface area contributed by atoms with Crippen LogP contribution in [-0.4, -0.2) is 8.07 Å². The van der Waals surface area contributed by atoms with Gasteiger partial charge in [0.2, 0.25) is 0 Å². The minimum atomic E-state index is -1.14. The Hall–Kier alpha value is -0.413. The number of rotatable bonds is 3. The summed E-state index contributed by atoms with van der Waals surface area (Å²) >= 11 is 0. The zero-order chi connectivity index (χ0) is 21.5. The van der Waals surface area contributed by atoms with E-state index in [1.165, 1.54) is 64.4 Å². The number of hydrogen-bond acceptors (Lipinski definition) is 0. The molecule has 0 spiro atoms. The minimum absolute atomic E-state index is 0. The molecule has 3 aliphatic rings. The van der Waals surface area contributed by atoms with Gasteiger partial charge in [-0.2, -0.15) is 35.4 Å². The predicted molar refractivity (Wildman–Crippen MR) is 132 cm³/mol. The first kappa shape index (κ1) is 30.6. The van der Waals surface area contributed by atoms with E-state index >= 15 is 0 Å². The molecule has 5 rings (SSSR count). The van der Waals surface area contributed by atoms with Crippen molar-refractivity contribution in [3.8, 4) is 11.1 Å². The second kappa shape index (κ2) is 12.0. The molecule has 1 aliphatic heterocycles. The fraction of sp³-hybridized carbons (Fsp3) is 0.448. The molecule has 0 amide bonds. The second-order valence-corrected chi connectivity index (χ2v) is 14.9. The van der Waals surface area contributed by atoms with Crippen LogP contribution in [0.1, 0.15) is 71.1 Å². The van der Waals surface area contributed by atoms with Gasteiger partial charge in [0, 0.05) is 0 Å². The van der Waals surface area contributed by atoms with E-state index in [2.05, 4.69) is 96.1 Å². The van der Waals surface area contributed by atoms with Crippen LogP contribution in [0.15, 0.2) is 59.2 Å². The maximum atomic E-state index is 3.61. The monoisotopic (exact) mass is 662 g/mol. The summed E-state index contributed by atoms with van der Waals surface area (Å²) in [5.74, 6) is 0. The molecule has 0 bridgehead atoms. The second-order valence-electron chi connectivity index (χ2n) is 10.1. The molecule has 33 heavy (non-hydrogen) atoms. The Kier molecular flexibility index (Phi) is 11.2. The zero-order valence-electron chi connectivity index (χ0n) is 20.9. The first-order valence-corrected chi connectivity index (χ1v) is 14.4. The van der Waals surface area contributed by atoms with Crippen molar-refractivity contribution in [2.75, 3.05) is 0 Å². The maximum absolute atomic E-state index is 3.61. The maximum Gasteiger partial charge on any atom is 4.00 e. The van der Waals surface area contributed by atoms with Gasteiger partial charge in [-0.3, -0.25) is 6.08 Å². The van der Waals surface area contributed by atoms with Crippen LogP contribution in [0.4, 0.5) is 0 Å². The molecule has 2 aromatic carbocycles. The van der Waals surface area contributed by atoms with Crippen LogP contribution >= 0.6 is 0 Å². The number of allylic oxidation sites excluding steroid dienone is 4. The van der Waals surface area contributed by atoms with Gasteiger partial charge in [0.25, 0.3) is 0 Å². The van der Waals surface area contributed by atoms with Gasteiger partial charge < -0.3 is 24.8 Å². The molecule has 0 nitrogen and oxygen atoms in total. The molecule has 1 heterocycles. The summed E-state index contributed by atoms with van der Waals surface area (Å²) in [6, 6.07) is 23.8. The summed E-state index contributed by atoms with van der Waals surface area (Å²) in [4.78, 5) is 0. The normalized spacial score (nSPS) is 20.4. The van der Waals surface area contributed by atoms with E-state index < -0.39 is 8.07 Å². The summed E-state index contributed by atoms with van der Waals surface area (Å²) < 4.78 is 0. The zero-order valence-corrected chi connectivity index (χ0v) is 27.0. The summed E-state index contributed by atoms with van der Waals surface area (Å²) in [6.45, 7) is 13.3. The summed E-state index contributed by atoms with van der Waals surface area (Å²) in [5, 5.41) is 0. The van der Waals surface area contributed by atoms with E-state index in [4.69, 9.17) is 0 Å². The topological polar surface area (TPSA) is 0 Å². The van der Waals surface area contributed by atoms with E-state index in [1.54, 1.807) is 5.56 Å². The minimum Gasteiger partial charge on any atom is -1.00 e. The summed E-state index contributed by atoms with van der Waals surface area (Å²) in [7, 11) is -1.14. The van der Waals surface area contributed by atoms with E-state index in [-0.39, 0.29) is 56.1 Å². The Morgan fingerprint density at radius 1 is 0.970 bits per heavy atom. The van der Waals surface area contributed by atoms with Gasteiger partial charge in [-0.15, -0.1) is 18.1 Å². The van der Waals surface area contributed by atoms with Crippen LogP contribution in [0.5, 0.6) is 0 Å². The third-order valence-corrected chi connectivity index (χ3v) is 14.0. The van der Waals surface area contributed by atoms with Crippen molar-refractivity contribution in [3.63, 3.8) is 0 Å². The molecule has 174 valence electrons. The molecule has 4 heteroatoms. The van der Waals surface area contributed by atoms with Crippen molar-refractivity contribution in [1.82, 2.24) is 0 Å². The van der Waals surface area contributed by atoms with Gasteiger partial charge in [-0.05, 0) is 11.1 Å². The molecule has 1 atom stereocenters. The van der Waals surface area contributed by atoms with Gasteiger partial charge in [0.15, 0.2) is 0 Å². The molecular weight excluding hydrogens is 626 g/mol. The Morgan fingerprint density at radius 3 is 2.09 bits per heavy atom. The Labute approximate surface area is 234 Å². The summed E-state index contributed by atoms with van der Waals surface area (Å²) in [6.07, 6.45) is 6.25. The van der Waals surface area contributed by atoms with Gasteiger partial charge in [0.1, 0.15) is 0 Å². The molecule has 0 aromatic heterocycles. The van der Waals surface area contributed by atoms with Gasteiger partial charge in [0.05, 0.1) is 8.07 Å². The van der Waals surface area contributed by atoms with Crippen LogP contribution in [0.25, 0.3) is 11.1 Å². The van der Waals surface area contributed by atoms with Crippen molar-refractivity contribution in [1.29, 1.82) is 0 Å². The van der Waals surface area contributed by atoms with Crippen LogP contribution in [0.2, 0.25) is 18.1 Å². The Bertz CT molecular complexity index is 972. The predicted octanol–water partition coefficient (Wildman–Crippen LogP) is 2.52. The Morgan fingerprint density at radius 2 is 1.61 bits per heavy atom. The van der Waals surface area contributed by atoms with Crippen molar-refractivity contribution in [2.24, 2.45) is 5.41 Å². The van der Waals surface area contributed by atoms with E-state index in [0.717, 1.165) is 5.54 Å². The molecule has 0 N–H and O–H groups in total. The van der Waals surface area contributed by atoms with Gasteiger partial charge in [-0.25, -0.2) is 5.57 Å². The molecule has 0 radical (unpaired) electrons. The quantitative estimate of drug-likeness (QED) is 0.351. The SMILES string of the molecule is CC1=[C-]C(C)(C)C(C)=C1C.CCC[Si]1(C2c3[c-]cccc3-c3ccccc32)CCC1.[Cl-].[Cl-].[Hf+4]. The van der Waals surface area contributed by atoms with E-state index in [0.29, 0.717) is 0 Å². The largest absolute Gasteiger partial charge is 4.00 e. The van der Waals surface area contributed by atoms with Crippen LogP contribution < -0.4 is 24.8 Å². The number of halogens is 2. The molecule has 1 fully saturated rings. The smallest absolute Gasteiger partial charge is 1.00 e. The third kappa shape index (κ3) is 5.55. The molecule has 0 saturated carbocycles. The first-order chi connectivity index (χ1) is 14.3. The molecule has 1 unspecified atom stereocenters. The van der Waals surface area contributed by atoms with Crippen LogP contribution in [-0.2, 0) is 25.8 Å². The number of hydrogen-bond donors (Lipinski definition) is 0. The fourth-order valence-corrected chi connectivity index (χ4v) is 11.3. The van der Waals surface area contributed by atoms with E-state index in [1.807, 2.05) is 0 Å². The number of fused-ring (bicyclic) bond motifs is 3. The molecule has 2 aliphatic carbocycles. The molecular formula is C29H36Cl2HfSi. The van der Waals surface area contributed by atoms with Crippen LogP contribution in [0, 0.1) is 17.6 Å². The standard InChI is InChI=1S/C19H21Si.C10H15.2ClH.Hf/c1-2-12-20(13-7-14-20)19-17-10-5-3-8-15(17)16-9-4-6-11-18(16)19;1-7-6-10(4,5)9(3)8(7)2;;;/h3-6,8-10,19H,2,7,12-14H2,1H3;1-5H3;2*1H;/q2*-1;;;+4/p-2. The molecule has 1 saturated heterocycles. The van der Waals surface area contributed by atoms with Gasteiger partial charge in [-0.1, -0.05) is 101 Å². The Balaban J connectivity index is 0.000000364. The number of benzene rings is 2.